The molecule has 0 N–H and O–H groups in total. The van der Waals surface area contributed by atoms with Gasteiger partial charge in [-0.1, -0.05) is 23.7 Å². The normalized spacial score (nSPS) is 17.1. The lowest BCUT2D eigenvalue weighted by atomic mass is 10.1. The van der Waals surface area contributed by atoms with Crippen molar-refractivity contribution in [3.05, 3.63) is 34.3 Å². The minimum absolute atomic E-state index is 0.909. The first kappa shape index (κ1) is 9.04. The molecule has 1 nitrogen and oxygen atoms in total. The van der Waals surface area contributed by atoms with Gasteiger partial charge < -0.3 is 0 Å². The molecule has 70 valence electrons. The van der Waals surface area contributed by atoms with E-state index in [4.69, 9.17) is 11.6 Å². The molecule has 0 radical (unpaired) electrons. The molecule has 1 fully saturated rings. The van der Waals surface area contributed by atoms with E-state index in [0.717, 1.165) is 11.6 Å². The summed E-state index contributed by atoms with van der Waals surface area (Å²) >= 11 is 6.13. The second kappa shape index (κ2) is 3.69. The predicted molar refractivity (Wildman–Crippen MR) is 56.1 cm³/mol. The molecule has 0 unspecified atom stereocenters. The van der Waals surface area contributed by atoms with Gasteiger partial charge in [0.25, 0.3) is 0 Å². The summed E-state index contributed by atoms with van der Waals surface area (Å²) in [5, 5.41) is 0.909. The minimum atomic E-state index is 0.909. The molecule has 1 aliphatic rings. The molecule has 0 bridgehead atoms. The van der Waals surface area contributed by atoms with Gasteiger partial charge in [0.15, 0.2) is 0 Å². The quantitative estimate of drug-likeness (QED) is 0.702. The van der Waals surface area contributed by atoms with Crippen molar-refractivity contribution in [2.24, 2.45) is 0 Å². The molecular weight excluding hydrogens is 182 g/mol. The van der Waals surface area contributed by atoms with Crippen LogP contribution in [-0.2, 0) is 6.54 Å². The van der Waals surface area contributed by atoms with Crippen LogP contribution >= 0.6 is 11.6 Å². The SMILES string of the molecule is Cc1cccc(Cl)c1CN1CCC1. The molecular formula is C11H14ClN. The van der Waals surface area contributed by atoms with Crippen LogP contribution in [0.3, 0.4) is 0 Å². The topological polar surface area (TPSA) is 3.24 Å². The summed E-state index contributed by atoms with van der Waals surface area (Å²) in [6, 6.07) is 6.11. The zero-order valence-corrected chi connectivity index (χ0v) is 8.64. The summed E-state index contributed by atoms with van der Waals surface area (Å²) in [7, 11) is 0. The van der Waals surface area contributed by atoms with Crippen molar-refractivity contribution in [3.8, 4) is 0 Å². The Bertz CT molecular complexity index is 285. The Morgan fingerprint density at radius 1 is 1.38 bits per heavy atom. The van der Waals surface area contributed by atoms with Gasteiger partial charge in [0.2, 0.25) is 0 Å². The van der Waals surface area contributed by atoms with E-state index in [-0.39, 0.29) is 0 Å². The van der Waals surface area contributed by atoms with Gasteiger partial charge in [-0.05, 0) is 43.6 Å². The number of likely N-dealkylation sites (tertiary alicyclic amines) is 1. The molecule has 1 heterocycles. The summed E-state index contributed by atoms with van der Waals surface area (Å²) in [5.41, 5.74) is 2.60. The fourth-order valence-corrected chi connectivity index (χ4v) is 1.91. The number of aryl methyl sites for hydroxylation is 1. The van der Waals surface area contributed by atoms with E-state index < -0.39 is 0 Å². The molecule has 0 aromatic heterocycles. The molecule has 1 aromatic carbocycles. The summed E-state index contributed by atoms with van der Waals surface area (Å²) in [6.07, 6.45) is 1.34. The molecule has 0 aliphatic carbocycles. The van der Waals surface area contributed by atoms with Crippen LogP contribution < -0.4 is 0 Å². The molecule has 2 heteroatoms. The summed E-state index contributed by atoms with van der Waals surface area (Å²) in [6.45, 7) is 5.60. The Balaban J connectivity index is 2.17. The molecule has 0 spiro atoms. The number of hydrogen-bond acceptors (Lipinski definition) is 1. The van der Waals surface area contributed by atoms with Crippen molar-refractivity contribution in [2.75, 3.05) is 13.1 Å². The van der Waals surface area contributed by atoms with Crippen molar-refractivity contribution in [1.82, 2.24) is 4.90 Å². The van der Waals surface area contributed by atoms with Gasteiger partial charge in [-0.15, -0.1) is 0 Å². The predicted octanol–water partition coefficient (Wildman–Crippen LogP) is 2.85. The molecule has 0 saturated carbocycles. The largest absolute Gasteiger partial charge is 0.299 e. The average Bonchev–Trinajstić information content (AvgIpc) is 2.00. The number of halogens is 1. The first-order valence-electron chi connectivity index (χ1n) is 4.74. The van der Waals surface area contributed by atoms with E-state index in [1.807, 2.05) is 12.1 Å². The number of nitrogens with zero attached hydrogens (tertiary/aromatic N) is 1. The first-order chi connectivity index (χ1) is 6.27. The van der Waals surface area contributed by atoms with Gasteiger partial charge in [0.05, 0.1) is 0 Å². The van der Waals surface area contributed by atoms with E-state index in [1.54, 1.807) is 0 Å². The van der Waals surface area contributed by atoms with Gasteiger partial charge in [-0.2, -0.15) is 0 Å². The number of rotatable bonds is 2. The Kier molecular flexibility index (Phi) is 2.56. The second-order valence-electron chi connectivity index (χ2n) is 3.66. The number of hydrogen-bond donors (Lipinski definition) is 0. The van der Waals surface area contributed by atoms with E-state index in [1.165, 1.54) is 30.6 Å². The molecule has 2 rings (SSSR count). The lowest BCUT2D eigenvalue weighted by Crippen LogP contribution is -2.36. The lowest BCUT2D eigenvalue weighted by molar-refractivity contribution is 0.172. The van der Waals surface area contributed by atoms with Crippen LogP contribution in [0, 0.1) is 6.92 Å². The zero-order chi connectivity index (χ0) is 9.26. The Labute approximate surface area is 84.3 Å². The van der Waals surface area contributed by atoms with Crippen molar-refractivity contribution in [1.29, 1.82) is 0 Å². The van der Waals surface area contributed by atoms with Crippen LogP contribution in [0.5, 0.6) is 0 Å². The fourth-order valence-electron chi connectivity index (χ4n) is 1.63. The van der Waals surface area contributed by atoms with Crippen LogP contribution in [-0.4, -0.2) is 18.0 Å². The van der Waals surface area contributed by atoms with Crippen LogP contribution in [0.4, 0.5) is 0 Å². The van der Waals surface area contributed by atoms with E-state index in [0.29, 0.717) is 0 Å². The van der Waals surface area contributed by atoms with Crippen LogP contribution in [0.25, 0.3) is 0 Å². The third kappa shape index (κ3) is 1.87. The standard InChI is InChI=1S/C11H14ClN/c1-9-4-2-5-11(12)10(9)8-13-6-3-7-13/h2,4-5H,3,6-8H2,1H3. The Morgan fingerprint density at radius 2 is 2.15 bits per heavy atom. The second-order valence-corrected chi connectivity index (χ2v) is 4.07. The fraction of sp³-hybridized carbons (Fsp3) is 0.455. The monoisotopic (exact) mass is 195 g/mol. The maximum absolute atomic E-state index is 6.13. The van der Waals surface area contributed by atoms with Crippen molar-refractivity contribution >= 4 is 11.6 Å². The zero-order valence-electron chi connectivity index (χ0n) is 7.89. The highest BCUT2D eigenvalue weighted by Crippen LogP contribution is 2.23. The van der Waals surface area contributed by atoms with E-state index in [9.17, 15) is 0 Å². The van der Waals surface area contributed by atoms with Gasteiger partial charge in [-0.25, -0.2) is 0 Å². The first-order valence-corrected chi connectivity index (χ1v) is 5.11. The highest BCUT2D eigenvalue weighted by Gasteiger charge is 2.15. The van der Waals surface area contributed by atoms with Crippen LogP contribution in [0.15, 0.2) is 18.2 Å². The lowest BCUT2D eigenvalue weighted by Gasteiger charge is -2.31. The van der Waals surface area contributed by atoms with Crippen LogP contribution in [0.2, 0.25) is 5.02 Å². The molecule has 1 aliphatic heterocycles. The van der Waals surface area contributed by atoms with Gasteiger partial charge in [0.1, 0.15) is 0 Å². The summed E-state index contributed by atoms with van der Waals surface area (Å²) in [5.74, 6) is 0. The smallest absolute Gasteiger partial charge is 0.0453 e. The maximum Gasteiger partial charge on any atom is 0.0453 e. The average molecular weight is 196 g/mol. The molecule has 0 atom stereocenters. The number of benzene rings is 1. The Hall–Kier alpha value is -0.530. The molecule has 1 aromatic rings. The Morgan fingerprint density at radius 3 is 2.69 bits per heavy atom. The highest BCUT2D eigenvalue weighted by atomic mass is 35.5. The summed E-state index contributed by atoms with van der Waals surface area (Å²) < 4.78 is 0. The van der Waals surface area contributed by atoms with Crippen molar-refractivity contribution in [3.63, 3.8) is 0 Å². The highest BCUT2D eigenvalue weighted by molar-refractivity contribution is 6.31. The molecule has 1 saturated heterocycles. The maximum atomic E-state index is 6.13. The van der Waals surface area contributed by atoms with Crippen molar-refractivity contribution < 1.29 is 0 Å². The van der Waals surface area contributed by atoms with Crippen LogP contribution in [0.1, 0.15) is 17.5 Å². The van der Waals surface area contributed by atoms with Gasteiger partial charge in [-0.3, -0.25) is 4.90 Å². The minimum Gasteiger partial charge on any atom is -0.299 e. The van der Waals surface area contributed by atoms with E-state index >= 15 is 0 Å². The third-order valence-electron chi connectivity index (χ3n) is 2.68. The summed E-state index contributed by atoms with van der Waals surface area (Å²) in [4.78, 5) is 2.42. The van der Waals surface area contributed by atoms with E-state index in [2.05, 4.69) is 17.9 Å². The third-order valence-corrected chi connectivity index (χ3v) is 3.04. The van der Waals surface area contributed by atoms with Gasteiger partial charge >= 0.3 is 0 Å². The van der Waals surface area contributed by atoms with Crippen molar-refractivity contribution in [2.45, 2.75) is 19.9 Å². The van der Waals surface area contributed by atoms with Gasteiger partial charge in [0, 0.05) is 11.6 Å². The molecule has 13 heavy (non-hydrogen) atoms. The molecule has 0 amide bonds.